The molecule has 0 bridgehead atoms. The summed E-state index contributed by atoms with van der Waals surface area (Å²) in [6.45, 7) is 2.72. The van der Waals surface area contributed by atoms with Gasteiger partial charge in [-0.05, 0) is 43.7 Å². The molecule has 0 unspecified atom stereocenters. The lowest BCUT2D eigenvalue weighted by molar-refractivity contribution is -0.157. The summed E-state index contributed by atoms with van der Waals surface area (Å²) in [4.78, 5) is 23.5. The lowest BCUT2D eigenvalue weighted by Crippen LogP contribution is -2.43. The van der Waals surface area contributed by atoms with Gasteiger partial charge in [-0.3, -0.25) is 9.59 Å². The fourth-order valence-electron chi connectivity index (χ4n) is 3.57. The van der Waals surface area contributed by atoms with Crippen molar-refractivity contribution in [2.24, 2.45) is 5.41 Å². The third kappa shape index (κ3) is 2.62. The first-order valence-corrected chi connectivity index (χ1v) is 8.04. The van der Waals surface area contributed by atoms with Crippen molar-refractivity contribution >= 4 is 11.9 Å². The van der Waals surface area contributed by atoms with E-state index in [4.69, 9.17) is 0 Å². The van der Waals surface area contributed by atoms with Crippen LogP contribution in [0.1, 0.15) is 49.7 Å². The molecule has 0 aromatic heterocycles. The van der Waals surface area contributed by atoms with Crippen LogP contribution in [0.4, 0.5) is 0 Å². The van der Waals surface area contributed by atoms with Crippen molar-refractivity contribution < 1.29 is 14.7 Å². The molecule has 2 aliphatic carbocycles. The fourth-order valence-corrected chi connectivity index (χ4v) is 3.57. The summed E-state index contributed by atoms with van der Waals surface area (Å²) in [6.07, 6.45) is 4.45. The van der Waals surface area contributed by atoms with Crippen molar-refractivity contribution in [3.63, 3.8) is 0 Å². The first-order valence-electron chi connectivity index (χ1n) is 8.04. The first kappa shape index (κ1) is 15.1. The van der Waals surface area contributed by atoms with Crippen LogP contribution in [0, 0.1) is 12.3 Å². The summed E-state index contributed by atoms with van der Waals surface area (Å²) in [7, 11) is 0. The number of hydrogen-bond acceptors (Lipinski definition) is 2. The number of rotatable bonds is 6. The minimum absolute atomic E-state index is 0.0665. The van der Waals surface area contributed by atoms with Crippen LogP contribution >= 0.6 is 0 Å². The van der Waals surface area contributed by atoms with Gasteiger partial charge in [0.25, 0.3) is 0 Å². The van der Waals surface area contributed by atoms with Crippen molar-refractivity contribution in [1.29, 1.82) is 0 Å². The predicted octanol–water partition coefficient (Wildman–Crippen LogP) is 2.79. The van der Waals surface area contributed by atoms with Gasteiger partial charge in [-0.25, -0.2) is 0 Å². The minimum atomic E-state index is -0.825. The topological polar surface area (TPSA) is 66.4 Å². The molecule has 0 aliphatic heterocycles. The highest BCUT2D eigenvalue weighted by Crippen LogP contribution is 2.49. The number of aryl methyl sites for hydroxylation is 1. The van der Waals surface area contributed by atoms with Gasteiger partial charge >= 0.3 is 5.97 Å². The molecule has 2 saturated carbocycles. The summed E-state index contributed by atoms with van der Waals surface area (Å²) in [5, 5.41) is 12.3. The van der Waals surface area contributed by atoms with Crippen LogP contribution in [0.15, 0.2) is 24.3 Å². The quantitative estimate of drug-likeness (QED) is 0.849. The van der Waals surface area contributed by atoms with Gasteiger partial charge in [-0.2, -0.15) is 0 Å². The highest BCUT2D eigenvalue weighted by molar-refractivity contribution is 5.85. The monoisotopic (exact) mass is 301 g/mol. The molecule has 4 nitrogen and oxygen atoms in total. The Bertz CT molecular complexity index is 600. The summed E-state index contributed by atoms with van der Waals surface area (Å²) in [5.74, 6) is -0.948. The molecule has 1 aromatic carbocycles. The number of carbonyl (C=O) groups is 2. The molecule has 0 atom stereocenters. The Balaban J connectivity index is 1.60. The fraction of sp³-hybridized carbons (Fsp3) is 0.556. The molecule has 1 amide bonds. The zero-order valence-corrected chi connectivity index (χ0v) is 13.0. The van der Waals surface area contributed by atoms with Crippen LogP contribution in [0.25, 0.3) is 0 Å². The van der Waals surface area contributed by atoms with Crippen molar-refractivity contribution in [2.45, 2.75) is 50.9 Å². The SMILES string of the molecule is Cc1ccccc1C1(CNC(=O)CC2(C(=O)O)CCC2)CC1. The van der Waals surface area contributed by atoms with Gasteiger partial charge in [0.05, 0.1) is 5.41 Å². The lowest BCUT2D eigenvalue weighted by atomic mass is 9.66. The summed E-state index contributed by atoms with van der Waals surface area (Å²) in [5.41, 5.74) is 1.84. The van der Waals surface area contributed by atoms with Gasteiger partial charge < -0.3 is 10.4 Å². The van der Waals surface area contributed by atoms with Crippen LogP contribution in [0.5, 0.6) is 0 Å². The highest BCUT2D eigenvalue weighted by atomic mass is 16.4. The maximum Gasteiger partial charge on any atom is 0.310 e. The average molecular weight is 301 g/mol. The van der Waals surface area contributed by atoms with Crippen LogP contribution in [0.2, 0.25) is 0 Å². The van der Waals surface area contributed by atoms with Crippen LogP contribution in [0.3, 0.4) is 0 Å². The molecule has 118 valence electrons. The molecule has 2 fully saturated rings. The van der Waals surface area contributed by atoms with Crippen molar-refractivity contribution in [3.8, 4) is 0 Å². The molecular weight excluding hydrogens is 278 g/mol. The molecular formula is C18H23NO3. The average Bonchev–Trinajstić information content (AvgIpc) is 3.22. The molecule has 0 saturated heterocycles. The molecule has 2 N–H and O–H groups in total. The zero-order chi connectivity index (χ0) is 15.8. The Kier molecular flexibility index (Phi) is 3.71. The van der Waals surface area contributed by atoms with E-state index < -0.39 is 11.4 Å². The summed E-state index contributed by atoms with van der Waals surface area (Å²) in [6, 6.07) is 8.31. The smallest absolute Gasteiger partial charge is 0.310 e. The maximum atomic E-state index is 12.2. The second-order valence-corrected chi connectivity index (χ2v) is 6.99. The molecule has 0 spiro atoms. The number of carbonyl (C=O) groups excluding carboxylic acids is 1. The van der Waals surface area contributed by atoms with E-state index >= 15 is 0 Å². The van der Waals surface area contributed by atoms with Crippen LogP contribution in [-0.4, -0.2) is 23.5 Å². The lowest BCUT2D eigenvalue weighted by Gasteiger charge is -2.37. The number of amides is 1. The normalized spacial score (nSPS) is 20.8. The van der Waals surface area contributed by atoms with Crippen molar-refractivity contribution in [1.82, 2.24) is 5.32 Å². The van der Waals surface area contributed by atoms with E-state index in [1.54, 1.807) is 0 Å². The minimum Gasteiger partial charge on any atom is -0.481 e. The van der Waals surface area contributed by atoms with E-state index in [-0.39, 0.29) is 17.7 Å². The Morgan fingerprint density at radius 1 is 1.18 bits per heavy atom. The summed E-state index contributed by atoms with van der Waals surface area (Å²) >= 11 is 0. The van der Waals surface area contributed by atoms with E-state index in [0.717, 1.165) is 19.3 Å². The number of benzene rings is 1. The number of aliphatic carboxylic acids is 1. The largest absolute Gasteiger partial charge is 0.481 e. The molecule has 2 aliphatic rings. The van der Waals surface area contributed by atoms with E-state index in [1.807, 2.05) is 12.1 Å². The van der Waals surface area contributed by atoms with Gasteiger partial charge in [0.2, 0.25) is 5.91 Å². The Morgan fingerprint density at radius 3 is 2.36 bits per heavy atom. The predicted molar refractivity (Wildman–Crippen MR) is 83.6 cm³/mol. The Hall–Kier alpha value is -1.84. The zero-order valence-electron chi connectivity index (χ0n) is 13.0. The molecule has 4 heteroatoms. The van der Waals surface area contributed by atoms with E-state index in [0.29, 0.717) is 19.4 Å². The van der Waals surface area contributed by atoms with Gasteiger partial charge in [0, 0.05) is 18.4 Å². The van der Waals surface area contributed by atoms with Crippen molar-refractivity contribution in [3.05, 3.63) is 35.4 Å². The summed E-state index contributed by atoms with van der Waals surface area (Å²) < 4.78 is 0. The standard InChI is InChI=1S/C18H23NO3/c1-13-5-2-3-6-14(13)18(9-10-18)12-19-15(20)11-17(16(21)22)7-4-8-17/h2-3,5-6H,4,7-12H2,1H3,(H,19,20)(H,21,22). The first-order chi connectivity index (χ1) is 10.5. The second-order valence-electron chi connectivity index (χ2n) is 6.99. The van der Waals surface area contributed by atoms with E-state index in [1.165, 1.54) is 11.1 Å². The number of nitrogens with one attached hydrogen (secondary N) is 1. The maximum absolute atomic E-state index is 12.2. The Labute approximate surface area is 130 Å². The molecule has 3 rings (SSSR count). The Morgan fingerprint density at radius 2 is 1.86 bits per heavy atom. The van der Waals surface area contributed by atoms with E-state index in [9.17, 15) is 14.7 Å². The molecule has 0 radical (unpaired) electrons. The highest BCUT2D eigenvalue weighted by Gasteiger charge is 2.48. The molecule has 0 heterocycles. The number of carboxylic acids is 1. The van der Waals surface area contributed by atoms with Gasteiger partial charge in [-0.15, -0.1) is 0 Å². The number of hydrogen-bond donors (Lipinski definition) is 2. The van der Waals surface area contributed by atoms with Crippen LogP contribution < -0.4 is 5.32 Å². The third-order valence-electron chi connectivity index (χ3n) is 5.46. The van der Waals surface area contributed by atoms with E-state index in [2.05, 4.69) is 24.4 Å². The van der Waals surface area contributed by atoms with Gasteiger partial charge in [0.15, 0.2) is 0 Å². The van der Waals surface area contributed by atoms with Gasteiger partial charge in [0.1, 0.15) is 0 Å². The molecule has 1 aromatic rings. The molecule has 22 heavy (non-hydrogen) atoms. The van der Waals surface area contributed by atoms with Crippen molar-refractivity contribution in [2.75, 3.05) is 6.54 Å². The second kappa shape index (κ2) is 5.41. The van der Waals surface area contributed by atoms with Gasteiger partial charge in [-0.1, -0.05) is 30.7 Å². The number of carboxylic acid groups (broad SMARTS) is 1. The third-order valence-corrected chi connectivity index (χ3v) is 5.46. The van der Waals surface area contributed by atoms with Crippen LogP contribution in [-0.2, 0) is 15.0 Å².